The number of nitrogen functional groups attached to an aromatic ring is 1. The summed E-state index contributed by atoms with van der Waals surface area (Å²) in [4.78, 5) is 26.6. The lowest BCUT2D eigenvalue weighted by Gasteiger charge is -2.34. The van der Waals surface area contributed by atoms with Gasteiger partial charge in [0.2, 0.25) is 0 Å². The second-order valence-corrected chi connectivity index (χ2v) is 10.1. The van der Waals surface area contributed by atoms with Crippen molar-refractivity contribution >= 4 is 28.6 Å². The Morgan fingerprint density at radius 1 is 1.11 bits per heavy atom. The number of piperidine rings is 1. The third-order valence-electron chi connectivity index (χ3n) is 6.31. The molecule has 1 atom stereocenters. The van der Waals surface area contributed by atoms with Crippen molar-refractivity contribution in [3.8, 4) is 11.4 Å². The van der Waals surface area contributed by atoms with Gasteiger partial charge in [-0.2, -0.15) is 5.10 Å². The molecule has 2 aliphatic heterocycles. The number of nitrogens with two attached hydrogens (primary N) is 1. The lowest BCUT2D eigenvalue weighted by molar-refractivity contribution is 0.0169. The van der Waals surface area contributed by atoms with Crippen LogP contribution in [-0.4, -0.2) is 75.7 Å². The first-order chi connectivity index (χ1) is 16.8. The Morgan fingerprint density at radius 2 is 1.86 bits per heavy atom. The van der Waals surface area contributed by atoms with Gasteiger partial charge in [-0.1, -0.05) is 0 Å². The lowest BCUT2D eigenvalue weighted by atomic mass is 10.1. The topological polar surface area (TPSA) is 112 Å². The van der Waals surface area contributed by atoms with Crippen molar-refractivity contribution in [1.29, 1.82) is 0 Å². The molecule has 1 amide bonds. The average molecular weight is 480 g/mol. The van der Waals surface area contributed by atoms with Crippen LogP contribution in [0.15, 0.2) is 30.5 Å². The molecule has 186 valence electrons. The van der Waals surface area contributed by atoms with Crippen LogP contribution in [0.1, 0.15) is 39.7 Å². The Hall–Kier alpha value is -3.40. The largest absolute Gasteiger partial charge is 0.444 e. The third-order valence-corrected chi connectivity index (χ3v) is 6.31. The quantitative estimate of drug-likeness (QED) is 0.568. The van der Waals surface area contributed by atoms with Crippen LogP contribution in [0, 0.1) is 0 Å². The summed E-state index contributed by atoms with van der Waals surface area (Å²) >= 11 is 0. The monoisotopic (exact) mass is 479 g/mol. The highest BCUT2D eigenvalue weighted by molar-refractivity contribution is 5.89. The minimum atomic E-state index is -0.531. The number of carbonyl (C=O) groups is 1. The number of benzene rings is 1. The van der Waals surface area contributed by atoms with Crippen LogP contribution >= 0.6 is 0 Å². The minimum Gasteiger partial charge on any atom is -0.444 e. The van der Waals surface area contributed by atoms with E-state index in [2.05, 4.69) is 4.90 Å². The summed E-state index contributed by atoms with van der Waals surface area (Å²) < 4.78 is 13.1. The highest BCUT2D eigenvalue weighted by atomic mass is 16.6. The van der Waals surface area contributed by atoms with Gasteiger partial charge in [-0.25, -0.2) is 19.4 Å². The van der Waals surface area contributed by atoms with Gasteiger partial charge < -0.3 is 25.0 Å². The number of amides is 1. The van der Waals surface area contributed by atoms with Crippen LogP contribution < -0.4 is 10.6 Å². The van der Waals surface area contributed by atoms with Gasteiger partial charge in [0.15, 0.2) is 11.5 Å². The molecule has 0 unspecified atom stereocenters. The molecule has 5 rings (SSSR count). The smallest absolute Gasteiger partial charge is 0.410 e. The van der Waals surface area contributed by atoms with Crippen molar-refractivity contribution in [2.75, 3.05) is 50.0 Å². The summed E-state index contributed by atoms with van der Waals surface area (Å²) in [5.74, 6) is 1.48. The van der Waals surface area contributed by atoms with Crippen molar-refractivity contribution in [2.45, 2.75) is 45.3 Å². The summed E-state index contributed by atoms with van der Waals surface area (Å²) in [5.41, 5.74) is 7.72. The summed E-state index contributed by atoms with van der Waals surface area (Å²) in [6.07, 6.45) is 3.34. The molecule has 2 N–H and O–H groups in total. The van der Waals surface area contributed by atoms with Gasteiger partial charge in [-0.05, 0) is 57.9 Å². The van der Waals surface area contributed by atoms with Gasteiger partial charge in [0.05, 0.1) is 30.8 Å². The maximum atomic E-state index is 12.7. The van der Waals surface area contributed by atoms with E-state index >= 15 is 0 Å². The number of morpholine rings is 1. The predicted molar refractivity (Wildman–Crippen MR) is 134 cm³/mol. The summed E-state index contributed by atoms with van der Waals surface area (Å²) in [5, 5.41) is 5.65. The number of hydrogen-bond acceptors (Lipinski definition) is 8. The second kappa shape index (κ2) is 9.33. The van der Waals surface area contributed by atoms with Gasteiger partial charge in [0, 0.05) is 37.4 Å². The molecule has 2 aliphatic rings. The van der Waals surface area contributed by atoms with E-state index in [0.717, 1.165) is 48.3 Å². The first kappa shape index (κ1) is 23.3. The number of hydrogen-bond donors (Lipinski definition) is 1. The molecule has 10 heteroatoms. The molecule has 35 heavy (non-hydrogen) atoms. The van der Waals surface area contributed by atoms with Gasteiger partial charge in [-0.3, -0.25) is 0 Å². The number of ether oxygens (including phenoxy) is 2. The zero-order valence-corrected chi connectivity index (χ0v) is 20.6. The van der Waals surface area contributed by atoms with Gasteiger partial charge >= 0.3 is 6.09 Å². The Morgan fingerprint density at radius 3 is 2.57 bits per heavy atom. The number of likely N-dealkylation sites (tertiary alicyclic amines) is 1. The van der Waals surface area contributed by atoms with Crippen LogP contribution in [0.5, 0.6) is 0 Å². The van der Waals surface area contributed by atoms with Crippen LogP contribution in [0.2, 0.25) is 0 Å². The molecule has 0 saturated carbocycles. The van der Waals surface area contributed by atoms with E-state index in [1.165, 1.54) is 0 Å². The number of fused-ring (bicyclic) bond motifs is 1. The van der Waals surface area contributed by atoms with Gasteiger partial charge in [0.1, 0.15) is 11.4 Å². The fourth-order valence-electron chi connectivity index (χ4n) is 4.60. The molecule has 0 aliphatic carbocycles. The van der Waals surface area contributed by atoms with E-state index in [1.807, 2.05) is 55.9 Å². The van der Waals surface area contributed by atoms with Crippen LogP contribution in [-0.2, 0) is 9.47 Å². The zero-order chi connectivity index (χ0) is 24.6. The molecule has 0 spiro atoms. The molecule has 10 nitrogen and oxygen atoms in total. The van der Waals surface area contributed by atoms with E-state index in [-0.39, 0.29) is 12.1 Å². The van der Waals surface area contributed by atoms with Crippen molar-refractivity contribution in [3.05, 3.63) is 30.5 Å². The summed E-state index contributed by atoms with van der Waals surface area (Å²) in [6, 6.07) is 7.58. The number of rotatable bonds is 3. The Bertz CT molecular complexity index is 1200. The first-order valence-electron chi connectivity index (χ1n) is 12.2. The SMILES string of the molecule is CC(C)(C)OC(=O)N1CCC[C@H](n2ncc3c(N4CCOCC4)nc(-c4ccc(N)cc4)nc32)C1. The van der Waals surface area contributed by atoms with Crippen LogP contribution in [0.25, 0.3) is 22.4 Å². The molecular weight excluding hydrogens is 446 g/mol. The Labute approximate surface area is 205 Å². The first-order valence-corrected chi connectivity index (χ1v) is 12.2. The summed E-state index contributed by atoms with van der Waals surface area (Å²) in [7, 11) is 0. The molecule has 2 aromatic heterocycles. The van der Waals surface area contributed by atoms with Crippen molar-refractivity contribution in [2.24, 2.45) is 0 Å². The van der Waals surface area contributed by atoms with Crippen molar-refractivity contribution in [3.63, 3.8) is 0 Å². The van der Waals surface area contributed by atoms with Gasteiger partial charge in [-0.15, -0.1) is 0 Å². The Kier molecular flexibility index (Phi) is 6.22. The molecule has 0 radical (unpaired) electrons. The second-order valence-electron chi connectivity index (χ2n) is 10.1. The fraction of sp³-hybridized carbons (Fsp3) is 0.520. The van der Waals surface area contributed by atoms with E-state index < -0.39 is 5.60 Å². The maximum Gasteiger partial charge on any atom is 0.410 e. The number of anilines is 2. The average Bonchev–Trinajstić information content (AvgIpc) is 3.28. The molecule has 2 fully saturated rings. The van der Waals surface area contributed by atoms with Crippen molar-refractivity contribution in [1.82, 2.24) is 24.6 Å². The number of nitrogens with zero attached hydrogens (tertiary/aromatic N) is 6. The number of carbonyl (C=O) groups excluding carboxylic acids is 1. The van der Waals surface area contributed by atoms with Crippen LogP contribution in [0.4, 0.5) is 16.3 Å². The minimum absolute atomic E-state index is 0.000440. The normalized spacial score (nSPS) is 19.2. The molecule has 2 saturated heterocycles. The van der Waals surface area contributed by atoms with E-state index in [4.69, 9.17) is 30.3 Å². The molecule has 0 bridgehead atoms. The summed E-state index contributed by atoms with van der Waals surface area (Å²) in [6.45, 7) is 9.69. The highest BCUT2D eigenvalue weighted by Gasteiger charge is 2.30. The van der Waals surface area contributed by atoms with E-state index in [9.17, 15) is 4.79 Å². The Balaban J connectivity index is 1.53. The fourth-order valence-corrected chi connectivity index (χ4v) is 4.60. The third kappa shape index (κ3) is 5.02. The zero-order valence-electron chi connectivity index (χ0n) is 20.6. The molecule has 3 aromatic rings. The van der Waals surface area contributed by atoms with Crippen molar-refractivity contribution < 1.29 is 14.3 Å². The van der Waals surface area contributed by atoms with Gasteiger partial charge in [0.25, 0.3) is 0 Å². The molecular formula is C25H33N7O3. The molecule has 4 heterocycles. The van der Waals surface area contributed by atoms with E-state index in [0.29, 0.717) is 37.8 Å². The number of aromatic nitrogens is 4. The molecule has 1 aromatic carbocycles. The van der Waals surface area contributed by atoms with E-state index in [1.54, 1.807) is 4.90 Å². The standard InChI is InChI=1S/C25H33N7O3/c1-25(2,3)35-24(33)31-10-4-5-19(16-31)32-23-20(15-27-32)22(30-11-13-34-14-12-30)28-21(29-23)17-6-8-18(26)9-7-17/h6-9,15,19H,4-5,10-14,16,26H2,1-3H3/t19-/m0/s1. The van der Waals surface area contributed by atoms with Crippen LogP contribution in [0.3, 0.4) is 0 Å². The highest BCUT2D eigenvalue weighted by Crippen LogP contribution is 2.32. The predicted octanol–water partition coefficient (Wildman–Crippen LogP) is 3.48. The lowest BCUT2D eigenvalue weighted by Crippen LogP contribution is -2.43. The maximum absolute atomic E-state index is 12.7.